The van der Waals surface area contributed by atoms with Gasteiger partial charge in [0.15, 0.2) is 0 Å². The number of rotatable bonds is 12. The van der Waals surface area contributed by atoms with Gasteiger partial charge in [0.1, 0.15) is 0 Å². The van der Waals surface area contributed by atoms with Crippen molar-refractivity contribution in [1.29, 1.82) is 0 Å². The van der Waals surface area contributed by atoms with Crippen LogP contribution in [0.1, 0.15) is 30.9 Å². The number of fused-ring (bicyclic) bond motifs is 5. The molecule has 4 nitrogen and oxygen atoms in total. The molecule has 0 bridgehead atoms. The highest BCUT2D eigenvalue weighted by Crippen LogP contribution is 2.56. The summed E-state index contributed by atoms with van der Waals surface area (Å²) in [7, 11) is 0. The average Bonchev–Trinajstić information content (AvgIpc) is 3.77. The van der Waals surface area contributed by atoms with E-state index in [9.17, 15) is 0 Å². The lowest BCUT2D eigenvalue weighted by molar-refractivity contribution is 0.392. The maximum atomic E-state index is 2.54. The summed E-state index contributed by atoms with van der Waals surface area (Å²) < 4.78 is 0. The SMILES string of the molecule is CC1(C)c2cc(N(c3ccccc3)c3ccc(N(c4ccccc4)c4cccc5ccccc45)cc3)ccc2C2C=CC(N(c3ccccc3)c3ccc(N(c4ccccc4)c4cccc5ccccc45)cc3)=CC21. The van der Waals surface area contributed by atoms with E-state index < -0.39 is 0 Å². The van der Waals surface area contributed by atoms with Crippen LogP contribution in [0.5, 0.6) is 0 Å². The highest BCUT2D eigenvalue weighted by molar-refractivity contribution is 6.00. The van der Waals surface area contributed by atoms with E-state index in [4.69, 9.17) is 0 Å². The molecule has 0 N–H and O–H groups in total. The van der Waals surface area contributed by atoms with Gasteiger partial charge >= 0.3 is 0 Å². The van der Waals surface area contributed by atoms with Crippen LogP contribution in [0.3, 0.4) is 0 Å². The van der Waals surface area contributed by atoms with Crippen molar-refractivity contribution in [2.24, 2.45) is 5.92 Å². The first-order valence-corrected chi connectivity index (χ1v) is 26.1. The molecule has 75 heavy (non-hydrogen) atoms. The summed E-state index contributed by atoms with van der Waals surface area (Å²) in [6.07, 6.45) is 7.35. The molecule has 2 aliphatic carbocycles. The van der Waals surface area contributed by atoms with E-state index in [0.717, 1.165) is 62.6 Å². The molecule has 0 fully saturated rings. The second kappa shape index (κ2) is 19.2. The second-order valence-corrected chi connectivity index (χ2v) is 20.2. The Labute approximate surface area is 440 Å². The Morgan fingerprint density at radius 2 is 0.680 bits per heavy atom. The molecule has 0 aromatic heterocycles. The fourth-order valence-electron chi connectivity index (χ4n) is 11.8. The standard InChI is InChI=1S/C71H56N4/c1-71(2)67-49-61(72(53-25-7-3-8-26-53)57-37-41-59(42-38-57)74(55-29-11-5-12-30-55)69-35-19-23-51-21-15-17-33-63(51)69)45-47-65(67)66-48-46-62(50-68(66)71)73(54-27-9-4-10-28-54)58-39-43-60(44-40-58)75(56-31-13-6-14-32-56)70-36-20-24-52-22-16-18-34-64(52)70/h3-50,65,67H,1-2H3. The van der Waals surface area contributed by atoms with Gasteiger partial charge in [-0.2, -0.15) is 0 Å². The van der Waals surface area contributed by atoms with Gasteiger partial charge in [-0.1, -0.05) is 178 Å². The first-order chi connectivity index (χ1) is 37.0. The van der Waals surface area contributed by atoms with Crippen molar-refractivity contribution in [1.82, 2.24) is 0 Å². The van der Waals surface area contributed by atoms with E-state index in [1.54, 1.807) is 0 Å². The fourth-order valence-corrected chi connectivity index (χ4v) is 11.8. The monoisotopic (exact) mass is 964 g/mol. The second-order valence-electron chi connectivity index (χ2n) is 20.2. The van der Waals surface area contributed by atoms with Gasteiger partial charge in [0.2, 0.25) is 0 Å². The van der Waals surface area contributed by atoms with Crippen molar-refractivity contribution in [3.63, 3.8) is 0 Å². The number of nitrogens with zero attached hydrogens (tertiary/aromatic N) is 4. The number of hydrogen-bond donors (Lipinski definition) is 0. The van der Waals surface area contributed by atoms with Gasteiger partial charge in [0.05, 0.1) is 11.4 Å². The van der Waals surface area contributed by atoms with Gasteiger partial charge in [0.25, 0.3) is 0 Å². The number of hydrogen-bond acceptors (Lipinski definition) is 4. The Bertz CT molecular complexity index is 3860. The summed E-state index contributed by atoms with van der Waals surface area (Å²) in [5.41, 5.74) is 16.1. The van der Waals surface area contributed by atoms with Crippen molar-refractivity contribution in [2.75, 3.05) is 19.6 Å². The zero-order valence-electron chi connectivity index (χ0n) is 42.2. The van der Waals surface area contributed by atoms with Crippen LogP contribution in [0.15, 0.2) is 297 Å². The lowest BCUT2D eigenvalue weighted by Gasteiger charge is -2.35. The molecule has 360 valence electrons. The predicted molar refractivity (Wildman–Crippen MR) is 317 cm³/mol. The lowest BCUT2D eigenvalue weighted by Crippen LogP contribution is -2.28. The van der Waals surface area contributed by atoms with Gasteiger partial charge in [0, 0.05) is 73.6 Å². The minimum atomic E-state index is -0.173. The third kappa shape index (κ3) is 8.31. The van der Waals surface area contributed by atoms with E-state index in [0.29, 0.717) is 0 Å². The highest BCUT2D eigenvalue weighted by Gasteiger charge is 2.46. The Morgan fingerprint density at radius 1 is 0.320 bits per heavy atom. The molecule has 0 amide bonds. The molecule has 2 aliphatic rings. The first kappa shape index (κ1) is 45.5. The zero-order valence-corrected chi connectivity index (χ0v) is 42.2. The van der Waals surface area contributed by atoms with E-state index >= 15 is 0 Å². The number of allylic oxidation sites excluding steroid dienone is 3. The van der Waals surface area contributed by atoms with E-state index in [2.05, 4.69) is 325 Å². The molecule has 2 unspecified atom stereocenters. The number of benzene rings is 11. The van der Waals surface area contributed by atoms with Crippen molar-refractivity contribution in [3.05, 3.63) is 308 Å². The van der Waals surface area contributed by atoms with E-state index in [1.165, 1.54) is 38.4 Å². The predicted octanol–water partition coefficient (Wildman–Crippen LogP) is 19.7. The normalized spacial score (nSPS) is 15.2. The molecule has 0 heterocycles. The van der Waals surface area contributed by atoms with Crippen molar-refractivity contribution in [3.8, 4) is 0 Å². The molecule has 11 aromatic carbocycles. The van der Waals surface area contributed by atoms with Crippen molar-refractivity contribution < 1.29 is 0 Å². The smallest absolute Gasteiger partial charge is 0.0540 e. The van der Waals surface area contributed by atoms with Crippen LogP contribution in [0.2, 0.25) is 0 Å². The maximum Gasteiger partial charge on any atom is 0.0540 e. The quantitative estimate of drug-likeness (QED) is 0.121. The van der Waals surface area contributed by atoms with Gasteiger partial charge in [-0.3, -0.25) is 0 Å². The molecule has 0 aliphatic heterocycles. The largest absolute Gasteiger partial charge is 0.311 e. The molecule has 2 atom stereocenters. The number of para-hydroxylation sites is 4. The molecule has 0 radical (unpaired) electrons. The lowest BCUT2D eigenvalue weighted by atomic mass is 9.74. The van der Waals surface area contributed by atoms with Crippen molar-refractivity contribution in [2.45, 2.75) is 25.2 Å². The summed E-state index contributed by atoms with van der Waals surface area (Å²) >= 11 is 0. The Morgan fingerprint density at radius 3 is 1.16 bits per heavy atom. The summed E-state index contributed by atoms with van der Waals surface area (Å²) in [4.78, 5) is 9.57. The maximum absolute atomic E-state index is 2.54. The molecular weight excluding hydrogens is 909 g/mol. The van der Waals surface area contributed by atoms with E-state index in [-0.39, 0.29) is 17.3 Å². The Balaban J connectivity index is 0.846. The fraction of sp³-hybridized carbons (Fsp3) is 0.0704. The van der Waals surface area contributed by atoms with Crippen LogP contribution in [-0.2, 0) is 5.41 Å². The van der Waals surface area contributed by atoms with Gasteiger partial charge in [-0.15, -0.1) is 0 Å². The molecule has 0 spiro atoms. The molecular formula is C71H56N4. The molecule has 11 aromatic rings. The van der Waals surface area contributed by atoms with Crippen molar-refractivity contribution >= 4 is 84.1 Å². The highest BCUT2D eigenvalue weighted by atomic mass is 15.2. The van der Waals surface area contributed by atoms with Crippen LogP contribution in [0.25, 0.3) is 21.5 Å². The Hall–Kier alpha value is -9.38. The summed E-state index contributed by atoms with van der Waals surface area (Å²) in [6.45, 7) is 4.88. The minimum Gasteiger partial charge on any atom is -0.311 e. The van der Waals surface area contributed by atoms with Crippen LogP contribution >= 0.6 is 0 Å². The first-order valence-electron chi connectivity index (χ1n) is 26.1. The van der Waals surface area contributed by atoms with Gasteiger partial charge < -0.3 is 19.6 Å². The topological polar surface area (TPSA) is 13.0 Å². The van der Waals surface area contributed by atoms with Crippen LogP contribution < -0.4 is 19.6 Å². The van der Waals surface area contributed by atoms with Gasteiger partial charge in [-0.25, -0.2) is 0 Å². The van der Waals surface area contributed by atoms with Crippen LogP contribution in [0.4, 0.5) is 62.6 Å². The van der Waals surface area contributed by atoms with E-state index in [1.807, 2.05) is 0 Å². The molecule has 0 saturated heterocycles. The minimum absolute atomic E-state index is 0.173. The summed E-state index contributed by atoms with van der Waals surface area (Å²) in [6, 6.07) is 98.7. The van der Waals surface area contributed by atoms with Crippen LogP contribution in [0, 0.1) is 5.92 Å². The molecule has 13 rings (SSSR count). The molecule has 4 heteroatoms. The third-order valence-electron chi connectivity index (χ3n) is 15.5. The summed E-state index contributed by atoms with van der Waals surface area (Å²) in [5, 5.41) is 4.85. The van der Waals surface area contributed by atoms with Crippen LogP contribution in [-0.4, -0.2) is 0 Å². The molecule has 0 saturated carbocycles. The third-order valence-corrected chi connectivity index (χ3v) is 15.5. The number of anilines is 11. The Kier molecular flexibility index (Phi) is 11.7. The van der Waals surface area contributed by atoms with Gasteiger partial charge in [-0.05, 0) is 161 Å². The summed E-state index contributed by atoms with van der Waals surface area (Å²) in [5.74, 6) is 0.478. The average molecular weight is 965 g/mol. The zero-order chi connectivity index (χ0) is 50.3.